The molecule has 0 saturated carbocycles. The number of benzene rings is 1. The molecular formula is C12H19NO. The van der Waals surface area contributed by atoms with E-state index in [-0.39, 0.29) is 11.6 Å². The first-order valence-corrected chi connectivity index (χ1v) is 4.91. The zero-order valence-electron chi connectivity index (χ0n) is 9.16. The third-order valence-corrected chi connectivity index (χ3v) is 2.49. The molecule has 1 aromatic rings. The maximum atomic E-state index is 6.08. The van der Waals surface area contributed by atoms with Gasteiger partial charge in [-0.1, -0.05) is 30.3 Å². The van der Waals surface area contributed by atoms with Gasteiger partial charge in [-0.15, -0.1) is 0 Å². The maximum absolute atomic E-state index is 6.08. The molecule has 0 spiro atoms. The van der Waals surface area contributed by atoms with E-state index in [9.17, 15) is 0 Å². The molecule has 0 bridgehead atoms. The van der Waals surface area contributed by atoms with Gasteiger partial charge in [0.2, 0.25) is 0 Å². The molecule has 0 fully saturated rings. The van der Waals surface area contributed by atoms with Gasteiger partial charge in [-0.05, 0) is 25.8 Å². The summed E-state index contributed by atoms with van der Waals surface area (Å²) in [6.07, 6.45) is 0.827. The predicted octanol–water partition coefficient (Wildman–Crippen LogP) is 2.50. The Balaban J connectivity index is 2.64. The Kier molecular flexibility index (Phi) is 3.67. The molecule has 1 aromatic carbocycles. The van der Waals surface area contributed by atoms with Gasteiger partial charge in [-0.25, -0.2) is 0 Å². The lowest BCUT2D eigenvalue weighted by molar-refractivity contribution is 0.00995. The summed E-state index contributed by atoms with van der Waals surface area (Å²) in [6, 6.07) is 10.2. The molecule has 0 aromatic heterocycles. The smallest absolute Gasteiger partial charge is 0.0640 e. The number of hydrogen-bond donors (Lipinski definition) is 1. The maximum Gasteiger partial charge on any atom is 0.0640 e. The Hall–Kier alpha value is -0.860. The average Bonchev–Trinajstić information content (AvgIpc) is 2.19. The van der Waals surface area contributed by atoms with Gasteiger partial charge >= 0.3 is 0 Å². The van der Waals surface area contributed by atoms with Crippen molar-refractivity contribution in [2.75, 3.05) is 7.11 Å². The Morgan fingerprint density at radius 1 is 1.29 bits per heavy atom. The average molecular weight is 193 g/mol. The Morgan fingerprint density at radius 3 is 2.36 bits per heavy atom. The van der Waals surface area contributed by atoms with Crippen LogP contribution in [0.3, 0.4) is 0 Å². The molecular weight excluding hydrogens is 174 g/mol. The minimum Gasteiger partial charge on any atom is -0.379 e. The first-order valence-electron chi connectivity index (χ1n) is 4.91. The highest BCUT2D eigenvalue weighted by Gasteiger charge is 2.21. The van der Waals surface area contributed by atoms with Crippen LogP contribution in [0.2, 0.25) is 0 Å². The lowest BCUT2D eigenvalue weighted by Crippen LogP contribution is -2.28. The molecule has 1 unspecified atom stereocenters. The molecule has 0 heterocycles. The molecule has 78 valence electrons. The normalized spacial score (nSPS) is 14.0. The molecule has 0 amide bonds. The van der Waals surface area contributed by atoms with Crippen LogP contribution >= 0.6 is 0 Å². The third-order valence-electron chi connectivity index (χ3n) is 2.49. The van der Waals surface area contributed by atoms with Crippen LogP contribution in [0.4, 0.5) is 0 Å². The second-order valence-electron chi connectivity index (χ2n) is 4.19. The molecule has 14 heavy (non-hydrogen) atoms. The van der Waals surface area contributed by atoms with E-state index in [1.165, 1.54) is 0 Å². The zero-order chi connectivity index (χ0) is 10.6. The quantitative estimate of drug-likeness (QED) is 0.797. The van der Waals surface area contributed by atoms with E-state index in [1.807, 2.05) is 18.2 Å². The van der Waals surface area contributed by atoms with E-state index in [4.69, 9.17) is 10.5 Å². The van der Waals surface area contributed by atoms with Gasteiger partial charge < -0.3 is 10.5 Å². The summed E-state index contributed by atoms with van der Waals surface area (Å²) in [5.41, 5.74) is 7.08. The first kappa shape index (κ1) is 11.2. The lowest BCUT2D eigenvalue weighted by atomic mass is 9.94. The molecule has 0 aliphatic heterocycles. The molecule has 0 saturated heterocycles. The minimum atomic E-state index is -0.157. The summed E-state index contributed by atoms with van der Waals surface area (Å²) in [7, 11) is 1.72. The highest BCUT2D eigenvalue weighted by Crippen LogP contribution is 2.23. The van der Waals surface area contributed by atoms with Crippen molar-refractivity contribution in [3.05, 3.63) is 35.9 Å². The predicted molar refractivity (Wildman–Crippen MR) is 59.1 cm³/mol. The summed E-state index contributed by atoms with van der Waals surface area (Å²) in [4.78, 5) is 0. The fraction of sp³-hybridized carbons (Fsp3) is 0.500. The van der Waals surface area contributed by atoms with Crippen LogP contribution in [-0.2, 0) is 4.74 Å². The summed E-state index contributed by atoms with van der Waals surface area (Å²) in [6.45, 7) is 4.10. The summed E-state index contributed by atoms with van der Waals surface area (Å²) >= 11 is 0. The largest absolute Gasteiger partial charge is 0.379 e. The van der Waals surface area contributed by atoms with Crippen LogP contribution in [0.5, 0.6) is 0 Å². The second-order valence-corrected chi connectivity index (χ2v) is 4.19. The molecule has 2 heteroatoms. The van der Waals surface area contributed by atoms with Crippen LogP contribution in [0.1, 0.15) is 31.9 Å². The minimum absolute atomic E-state index is 0.0474. The van der Waals surface area contributed by atoms with E-state index in [2.05, 4.69) is 26.0 Å². The topological polar surface area (TPSA) is 35.2 Å². The van der Waals surface area contributed by atoms with Crippen LogP contribution in [0.15, 0.2) is 30.3 Å². The van der Waals surface area contributed by atoms with Gasteiger partial charge in [0.05, 0.1) is 5.60 Å². The van der Waals surface area contributed by atoms with E-state index in [0.717, 1.165) is 12.0 Å². The fourth-order valence-corrected chi connectivity index (χ4v) is 1.43. The molecule has 1 atom stereocenters. The van der Waals surface area contributed by atoms with Crippen molar-refractivity contribution in [3.63, 3.8) is 0 Å². The van der Waals surface area contributed by atoms with Crippen molar-refractivity contribution in [2.24, 2.45) is 5.73 Å². The molecule has 2 nitrogen and oxygen atoms in total. The summed E-state index contributed by atoms with van der Waals surface area (Å²) in [5.74, 6) is 0. The van der Waals surface area contributed by atoms with Crippen LogP contribution in [-0.4, -0.2) is 12.7 Å². The van der Waals surface area contributed by atoms with Crippen molar-refractivity contribution >= 4 is 0 Å². The molecule has 0 radical (unpaired) electrons. The van der Waals surface area contributed by atoms with Crippen LogP contribution in [0, 0.1) is 0 Å². The summed E-state index contributed by atoms with van der Waals surface area (Å²) < 4.78 is 5.35. The lowest BCUT2D eigenvalue weighted by Gasteiger charge is -2.26. The molecule has 0 aliphatic rings. The van der Waals surface area contributed by atoms with Crippen molar-refractivity contribution in [2.45, 2.75) is 31.9 Å². The monoisotopic (exact) mass is 193 g/mol. The van der Waals surface area contributed by atoms with Gasteiger partial charge in [-0.2, -0.15) is 0 Å². The Bertz CT molecular complexity index is 269. The standard InChI is InChI=1S/C12H19NO/c1-12(2,14-3)9-11(13)10-7-5-4-6-8-10/h4-8,11H,9,13H2,1-3H3. The molecule has 2 N–H and O–H groups in total. The third kappa shape index (κ3) is 3.13. The highest BCUT2D eigenvalue weighted by molar-refractivity contribution is 5.18. The van der Waals surface area contributed by atoms with E-state index in [1.54, 1.807) is 7.11 Å². The number of ether oxygens (including phenoxy) is 1. The second kappa shape index (κ2) is 4.58. The highest BCUT2D eigenvalue weighted by atomic mass is 16.5. The van der Waals surface area contributed by atoms with Crippen LogP contribution in [0.25, 0.3) is 0 Å². The Morgan fingerprint density at radius 2 is 1.86 bits per heavy atom. The van der Waals surface area contributed by atoms with Gasteiger partial charge in [-0.3, -0.25) is 0 Å². The zero-order valence-corrected chi connectivity index (χ0v) is 9.16. The number of hydrogen-bond acceptors (Lipinski definition) is 2. The van der Waals surface area contributed by atoms with E-state index in [0.29, 0.717) is 0 Å². The fourth-order valence-electron chi connectivity index (χ4n) is 1.43. The number of methoxy groups -OCH3 is 1. The Labute approximate surface area is 86.1 Å². The van der Waals surface area contributed by atoms with E-state index >= 15 is 0 Å². The van der Waals surface area contributed by atoms with Crippen LogP contribution < -0.4 is 5.73 Å². The van der Waals surface area contributed by atoms with Crippen molar-refractivity contribution in [3.8, 4) is 0 Å². The molecule has 1 rings (SSSR count). The van der Waals surface area contributed by atoms with Crippen molar-refractivity contribution < 1.29 is 4.74 Å². The number of nitrogens with two attached hydrogens (primary N) is 1. The van der Waals surface area contributed by atoms with Gasteiger partial charge in [0.25, 0.3) is 0 Å². The van der Waals surface area contributed by atoms with Gasteiger partial charge in [0.15, 0.2) is 0 Å². The SMILES string of the molecule is COC(C)(C)CC(N)c1ccccc1. The van der Waals surface area contributed by atoms with E-state index < -0.39 is 0 Å². The van der Waals surface area contributed by atoms with Gasteiger partial charge in [0.1, 0.15) is 0 Å². The molecule has 0 aliphatic carbocycles. The number of rotatable bonds is 4. The summed E-state index contributed by atoms with van der Waals surface area (Å²) in [5, 5.41) is 0. The first-order chi connectivity index (χ1) is 6.55. The van der Waals surface area contributed by atoms with Crippen molar-refractivity contribution in [1.29, 1.82) is 0 Å². The van der Waals surface area contributed by atoms with Gasteiger partial charge in [0, 0.05) is 13.2 Å². The van der Waals surface area contributed by atoms with Crippen molar-refractivity contribution in [1.82, 2.24) is 0 Å².